The maximum atomic E-state index is 13.6. The third-order valence-electron chi connectivity index (χ3n) is 3.86. The number of nitrogens with zero attached hydrogens (tertiary/aromatic N) is 4. The molecule has 0 aliphatic heterocycles. The molecule has 0 saturated carbocycles. The zero-order valence-electron chi connectivity index (χ0n) is 12.4. The number of nitrogens with two attached hydrogens (primary N) is 1. The molecule has 3 aromatic heterocycles. The summed E-state index contributed by atoms with van der Waals surface area (Å²) in [5.41, 5.74) is 10.1. The van der Waals surface area contributed by atoms with Crippen LogP contribution in [0.5, 0.6) is 0 Å². The molecule has 0 radical (unpaired) electrons. The van der Waals surface area contributed by atoms with Crippen LogP contribution >= 0.6 is 0 Å². The van der Waals surface area contributed by atoms with Gasteiger partial charge in [-0.2, -0.15) is 0 Å². The molecule has 0 atom stereocenters. The van der Waals surface area contributed by atoms with Gasteiger partial charge in [-0.3, -0.25) is 9.67 Å². The van der Waals surface area contributed by atoms with Crippen LogP contribution in [0, 0.1) is 12.7 Å². The molecule has 0 unspecified atom stereocenters. The first-order valence-corrected chi connectivity index (χ1v) is 7.16. The van der Waals surface area contributed by atoms with Gasteiger partial charge in [0.2, 0.25) is 0 Å². The number of aromatic nitrogens is 4. The number of fused-ring (bicyclic) bond motifs is 1. The fraction of sp³-hybridized carbons (Fsp3) is 0.0588. The van der Waals surface area contributed by atoms with Gasteiger partial charge in [-0.1, -0.05) is 0 Å². The molecule has 4 rings (SSSR count). The Bertz CT molecular complexity index is 1000. The minimum absolute atomic E-state index is 0.121. The quantitative estimate of drug-likeness (QED) is 0.578. The van der Waals surface area contributed by atoms with Crippen LogP contribution in [0.15, 0.2) is 55.1 Å². The summed E-state index contributed by atoms with van der Waals surface area (Å²) in [5.74, 6) is -0.409. The maximum absolute atomic E-state index is 13.6. The number of nitrogen functional groups attached to an aromatic ring is 1. The minimum Gasteiger partial charge on any atom is -0.396 e. The molecule has 1 aromatic carbocycles. The van der Waals surface area contributed by atoms with E-state index in [1.54, 1.807) is 24.7 Å². The third kappa shape index (κ3) is 2.07. The highest BCUT2D eigenvalue weighted by Crippen LogP contribution is 2.25. The van der Waals surface area contributed by atoms with Crippen LogP contribution in [0.3, 0.4) is 0 Å². The lowest BCUT2D eigenvalue weighted by Gasteiger charge is -2.12. The molecule has 0 bridgehead atoms. The van der Waals surface area contributed by atoms with E-state index in [2.05, 4.69) is 9.97 Å². The average molecular weight is 307 g/mol. The zero-order valence-corrected chi connectivity index (χ0v) is 12.4. The van der Waals surface area contributed by atoms with Crippen LogP contribution in [-0.2, 0) is 0 Å². The first-order chi connectivity index (χ1) is 11.1. The monoisotopic (exact) mass is 307 g/mol. The van der Waals surface area contributed by atoms with Gasteiger partial charge < -0.3 is 5.73 Å². The molecule has 0 aliphatic carbocycles. The van der Waals surface area contributed by atoms with Crippen LogP contribution in [0.25, 0.3) is 22.6 Å². The first-order valence-electron chi connectivity index (χ1n) is 7.16. The van der Waals surface area contributed by atoms with Gasteiger partial charge in [0.25, 0.3) is 0 Å². The lowest BCUT2D eigenvalue weighted by molar-refractivity contribution is 0.630. The molecule has 0 aliphatic rings. The molecule has 0 amide bonds. The average Bonchev–Trinajstić information content (AvgIpc) is 3.14. The van der Waals surface area contributed by atoms with E-state index in [4.69, 9.17) is 5.73 Å². The summed E-state index contributed by atoms with van der Waals surface area (Å²) < 4.78 is 17.5. The second-order valence-corrected chi connectivity index (χ2v) is 5.38. The Hall–Kier alpha value is -3.15. The molecule has 4 aromatic rings. The molecule has 0 spiro atoms. The van der Waals surface area contributed by atoms with Crippen molar-refractivity contribution in [3.05, 3.63) is 66.5 Å². The highest BCUT2D eigenvalue weighted by Gasteiger charge is 2.14. The van der Waals surface area contributed by atoms with Gasteiger partial charge in [-0.05, 0) is 36.8 Å². The van der Waals surface area contributed by atoms with Crippen molar-refractivity contribution in [3.8, 4) is 16.9 Å². The fourth-order valence-electron chi connectivity index (χ4n) is 2.73. The van der Waals surface area contributed by atoms with Crippen LogP contribution in [-0.4, -0.2) is 19.2 Å². The van der Waals surface area contributed by atoms with Gasteiger partial charge in [0.1, 0.15) is 5.82 Å². The molecule has 0 fully saturated rings. The van der Waals surface area contributed by atoms with Crippen molar-refractivity contribution in [2.24, 2.45) is 0 Å². The second-order valence-electron chi connectivity index (χ2n) is 5.38. The first kappa shape index (κ1) is 13.5. The number of benzene rings is 1. The molecule has 114 valence electrons. The van der Waals surface area contributed by atoms with E-state index in [9.17, 15) is 4.39 Å². The topological polar surface area (TPSA) is 61.1 Å². The third-order valence-corrected chi connectivity index (χ3v) is 3.86. The minimum atomic E-state index is -0.409. The Labute approximate surface area is 131 Å². The lowest BCUT2D eigenvalue weighted by Crippen LogP contribution is -2.06. The van der Waals surface area contributed by atoms with Crippen molar-refractivity contribution < 1.29 is 4.39 Å². The summed E-state index contributed by atoms with van der Waals surface area (Å²) in [6, 6.07) is 8.83. The van der Waals surface area contributed by atoms with Crippen molar-refractivity contribution in [1.29, 1.82) is 0 Å². The van der Waals surface area contributed by atoms with E-state index in [1.165, 1.54) is 6.07 Å². The zero-order chi connectivity index (χ0) is 16.0. The molecule has 0 saturated heterocycles. The highest BCUT2D eigenvalue weighted by atomic mass is 19.1. The number of halogens is 1. The van der Waals surface area contributed by atoms with Crippen LogP contribution in [0.1, 0.15) is 5.56 Å². The number of pyridine rings is 1. The Morgan fingerprint density at radius 2 is 2.04 bits per heavy atom. The molecular weight excluding hydrogens is 293 g/mol. The van der Waals surface area contributed by atoms with Crippen molar-refractivity contribution in [3.63, 3.8) is 0 Å². The van der Waals surface area contributed by atoms with Crippen molar-refractivity contribution in [1.82, 2.24) is 19.2 Å². The van der Waals surface area contributed by atoms with Crippen molar-refractivity contribution in [2.75, 3.05) is 5.73 Å². The maximum Gasteiger partial charge on any atom is 0.154 e. The Morgan fingerprint density at radius 1 is 1.17 bits per heavy atom. The molecule has 23 heavy (non-hydrogen) atoms. The summed E-state index contributed by atoms with van der Waals surface area (Å²) in [7, 11) is 0. The van der Waals surface area contributed by atoms with Crippen LogP contribution in [0.4, 0.5) is 10.1 Å². The molecule has 5 nitrogen and oxygen atoms in total. The molecule has 2 N–H and O–H groups in total. The lowest BCUT2D eigenvalue weighted by atomic mass is 10.1. The highest BCUT2D eigenvalue weighted by molar-refractivity contribution is 5.63. The Kier molecular flexibility index (Phi) is 2.90. The van der Waals surface area contributed by atoms with E-state index < -0.39 is 5.82 Å². The van der Waals surface area contributed by atoms with E-state index in [1.807, 2.05) is 40.5 Å². The Morgan fingerprint density at radius 3 is 2.83 bits per heavy atom. The van der Waals surface area contributed by atoms with Crippen LogP contribution < -0.4 is 5.73 Å². The SMILES string of the molecule is Cc1cc(F)c(N)cc1-n1ccc2ncc(-c3cccnc3)n21. The number of hydrogen-bond acceptors (Lipinski definition) is 3. The molecular formula is C17H14FN5. The summed E-state index contributed by atoms with van der Waals surface area (Å²) in [6.07, 6.45) is 7.20. The van der Waals surface area contributed by atoms with E-state index in [0.717, 1.165) is 28.2 Å². The Balaban J connectivity index is 1.99. The normalized spacial score (nSPS) is 11.2. The largest absolute Gasteiger partial charge is 0.396 e. The number of anilines is 1. The smallest absolute Gasteiger partial charge is 0.154 e. The van der Waals surface area contributed by atoms with Gasteiger partial charge in [0, 0.05) is 30.2 Å². The number of rotatable bonds is 2. The van der Waals surface area contributed by atoms with E-state index in [-0.39, 0.29) is 5.69 Å². The van der Waals surface area contributed by atoms with Gasteiger partial charge in [-0.15, -0.1) is 0 Å². The predicted octanol–water partition coefficient (Wildman–Crippen LogP) is 3.22. The summed E-state index contributed by atoms with van der Waals surface area (Å²) in [4.78, 5) is 8.58. The summed E-state index contributed by atoms with van der Waals surface area (Å²) in [5, 5.41) is 0. The van der Waals surface area contributed by atoms with Gasteiger partial charge >= 0.3 is 0 Å². The van der Waals surface area contributed by atoms with E-state index >= 15 is 0 Å². The number of imidazole rings is 1. The van der Waals surface area contributed by atoms with Crippen molar-refractivity contribution in [2.45, 2.75) is 6.92 Å². The second kappa shape index (κ2) is 4.95. The molecule has 3 heterocycles. The summed E-state index contributed by atoms with van der Waals surface area (Å²) in [6.45, 7) is 1.85. The standard InChI is InChI=1S/C17H14FN5/c1-11-7-13(18)14(19)8-15(11)22-6-4-17-21-10-16(23(17)22)12-3-2-5-20-9-12/h2-10H,19H2,1H3. The van der Waals surface area contributed by atoms with E-state index in [0.29, 0.717) is 0 Å². The fourth-order valence-corrected chi connectivity index (χ4v) is 2.73. The summed E-state index contributed by atoms with van der Waals surface area (Å²) >= 11 is 0. The van der Waals surface area contributed by atoms with Crippen molar-refractivity contribution >= 4 is 11.3 Å². The van der Waals surface area contributed by atoms with Gasteiger partial charge in [0.15, 0.2) is 5.65 Å². The number of hydrogen-bond donors (Lipinski definition) is 1. The molecule has 6 heteroatoms. The predicted molar refractivity (Wildman–Crippen MR) is 86.9 cm³/mol. The number of aryl methyl sites for hydroxylation is 1. The van der Waals surface area contributed by atoms with Gasteiger partial charge in [-0.25, -0.2) is 13.9 Å². The van der Waals surface area contributed by atoms with Crippen LogP contribution in [0.2, 0.25) is 0 Å². The van der Waals surface area contributed by atoms with Gasteiger partial charge in [0.05, 0.1) is 23.3 Å².